The van der Waals surface area contributed by atoms with Crippen LogP contribution in [0.3, 0.4) is 0 Å². The van der Waals surface area contributed by atoms with Crippen LogP contribution in [0.5, 0.6) is 0 Å². The summed E-state index contributed by atoms with van der Waals surface area (Å²) in [5, 5.41) is 6.42. The maximum atomic E-state index is 14.1. The van der Waals surface area contributed by atoms with Crippen LogP contribution < -0.4 is 10.0 Å². The Hall–Kier alpha value is -1.50. The van der Waals surface area contributed by atoms with E-state index in [1.54, 1.807) is 14.2 Å². The zero-order chi connectivity index (χ0) is 24.9. The second-order valence-electron chi connectivity index (χ2n) is 8.66. The number of anilines is 1. The Morgan fingerprint density at radius 2 is 1.74 bits per heavy atom. The molecule has 0 unspecified atom stereocenters. The number of ether oxygens (including phenoxy) is 1. The summed E-state index contributed by atoms with van der Waals surface area (Å²) in [6.45, 7) is 9.16. The van der Waals surface area contributed by atoms with Crippen molar-refractivity contribution < 1.29 is 22.3 Å². The Balaban J connectivity index is 0.00000578. The van der Waals surface area contributed by atoms with E-state index >= 15 is 0 Å². The van der Waals surface area contributed by atoms with Crippen molar-refractivity contribution in [2.45, 2.75) is 51.1 Å². The van der Waals surface area contributed by atoms with Gasteiger partial charge in [0.1, 0.15) is 5.82 Å². The van der Waals surface area contributed by atoms with Gasteiger partial charge in [-0.05, 0) is 42.1 Å². The van der Waals surface area contributed by atoms with Crippen LogP contribution in [0.25, 0.3) is 0 Å². The zero-order valence-electron chi connectivity index (χ0n) is 21.3. The average Bonchev–Trinajstić information content (AvgIpc) is 3.07. The van der Waals surface area contributed by atoms with Gasteiger partial charge in [-0.3, -0.25) is 9.58 Å². The number of carbonyl (C=O) groups excluding carboxylic acids is 1. The van der Waals surface area contributed by atoms with Crippen LogP contribution in [-0.4, -0.2) is 86.0 Å². The molecular formula is C22H34FN5NaO4S. The normalized spacial score (nSPS) is 11.7. The smallest absolute Gasteiger partial charge is 0.333 e. The SMILES string of the molecule is COCCN(C)Cc1cc(S(=O)(=O)NC(=O)Nc2c(C(C)C)cc(F)cc2C(C)C)nn1C.[Na]. The molecule has 12 heteroatoms. The van der Waals surface area contributed by atoms with Crippen LogP contribution in [0.1, 0.15) is 56.4 Å². The zero-order valence-corrected chi connectivity index (χ0v) is 24.1. The fraction of sp³-hybridized carbons (Fsp3) is 0.545. The van der Waals surface area contributed by atoms with Crippen molar-refractivity contribution in [3.05, 3.63) is 40.8 Å². The fourth-order valence-corrected chi connectivity index (χ4v) is 4.30. The molecule has 1 aromatic heterocycles. The Kier molecular flexibility index (Phi) is 11.7. The number of aryl methyl sites for hydroxylation is 1. The number of amides is 2. The molecule has 0 saturated carbocycles. The van der Waals surface area contributed by atoms with E-state index in [2.05, 4.69) is 10.4 Å². The quantitative estimate of drug-likeness (QED) is 0.480. The van der Waals surface area contributed by atoms with Crippen molar-refractivity contribution in [3.63, 3.8) is 0 Å². The molecule has 0 spiro atoms. The van der Waals surface area contributed by atoms with E-state index in [0.717, 1.165) is 0 Å². The van der Waals surface area contributed by atoms with Crippen molar-refractivity contribution >= 4 is 51.3 Å². The number of benzene rings is 1. The number of aromatic nitrogens is 2. The van der Waals surface area contributed by atoms with Gasteiger partial charge in [-0.25, -0.2) is 13.9 Å². The predicted octanol–water partition coefficient (Wildman–Crippen LogP) is 3.01. The molecule has 0 aliphatic rings. The van der Waals surface area contributed by atoms with Crippen molar-refractivity contribution in [1.29, 1.82) is 0 Å². The summed E-state index contributed by atoms with van der Waals surface area (Å²) >= 11 is 0. The van der Waals surface area contributed by atoms with Crippen molar-refractivity contribution in [2.75, 3.05) is 32.6 Å². The topological polar surface area (TPSA) is 106 Å². The summed E-state index contributed by atoms with van der Waals surface area (Å²) in [6.07, 6.45) is 0. The largest absolute Gasteiger partial charge is 0.383 e. The van der Waals surface area contributed by atoms with E-state index in [1.807, 2.05) is 44.4 Å². The number of nitrogens with zero attached hydrogens (tertiary/aromatic N) is 3. The van der Waals surface area contributed by atoms with Gasteiger partial charge in [-0.15, -0.1) is 0 Å². The number of urea groups is 1. The van der Waals surface area contributed by atoms with Crippen LogP contribution >= 0.6 is 0 Å². The van der Waals surface area contributed by atoms with E-state index in [1.165, 1.54) is 22.9 Å². The van der Waals surface area contributed by atoms with Gasteiger partial charge >= 0.3 is 6.03 Å². The van der Waals surface area contributed by atoms with Crippen molar-refractivity contribution in [3.8, 4) is 0 Å². The number of carbonyl (C=O) groups is 1. The van der Waals surface area contributed by atoms with Gasteiger partial charge < -0.3 is 10.1 Å². The van der Waals surface area contributed by atoms with Gasteiger partial charge in [0.05, 0.1) is 12.3 Å². The number of sulfonamides is 1. The molecule has 0 aliphatic heterocycles. The van der Waals surface area contributed by atoms with Gasteiger partial charge in [0.2, 0.25) is 0 Å². The summed E-state index contributed by atoms with van der Waals surface area (Å²) in [5.41, 5.74) is 2.25. The van der Waals surface area contributed by atoms with Crippen LogP contribution in [0.4, 0.5) is 14.9 Å². The van der Waals surface area contributed by atoms with Crippen molar-refractivity contribution in [1.82, 2.24) is 19.4 Å². The molecule has 2 N–H and O–H groups in total. The molecule has 0 bridgehead atoms. The van der Waals surface area contributed by atoms with E-state index in [9.17, 15) is 17.6 Å². The third-order valence-corrected chi connectivity index (χ3v) is 6.42. The standard InChI is InChI=1S/C22H34FN5O4S.Na/c1-14(2)18-10-16(23)11-19(15(3)4)21(18)24-22(29)26-33(30,31)20-12-17(28(6)25-20)13-27(5)8-9-32-7;/h10-12,14-15H,8-9,13H2,1-7H3,(H2,24,26,29);. The molecule has 1 aromatic carbocycles. The number of methoxy groups -OCH3 is 1. The number of halogens is 1. The maximum Gasteiger partial charge on any atom is 0.333 e. The van der Waals surface area contributed by atoms with E-state index in [4.69, 9.17) is 4.74 Å². The summed E-state index contributed by atoms with van der Waals surface area (Å²) in [4.78, 5) is 14.6. The fourth-order valence-electron chi connectivity index (χ4n) is 3.38. The Morgan fingerprint density at radius 3 is 2.24 bits per heavy atom. The van der Waals surface area contributed by atoms with Gasteiger partial charge in [0.25, 0.3) is 10.0 Å². The number of hydrogen-bond donors (Lipinski definition) is 2. The monoisotopic (exact) mass is 506 g/mol. The number of likely N-dealkylation sites (N-methyl/N-ethyl adjacent to an activating group) is 1. The summed E-state index contributed by atoms with van der Waals surface area (Å²) in [6, 6.07) is 3.20. The maximum absolute atomic E-state index is 14.1. The van der Waals surface area contributed by atoms with E-state index in [-0.39, 0.29) is 46.4 Å². The third kappa shape index (κ3) is 8.03. The number of hydrogen-bond acceptors (Lipinski definition) is 6. The minimum atomic E-state index is -4.22. The molecular weight excluding hydrogens is 472 g/mol. The molecule has 1 radical (unpaired) electrons. The first-order valence-corrected chi connectivity index (χ1v) is 12.2. The number of nitrogens with one attached hydrogen (secondary N) is 2. The third-order valence-electron chi connectivity index (χ3n) is 5.21. The predicted molar refractivity (Wildman–Crippen MR) is 131 cm³/mol. The minimum absolute atomic E-state index is 0. The van der Waals surface area contributed by atoms with Gasteiger partial charge in [0, 0.05) is 68.6 Å². The molecule has 34 heavy (non-hydrogen) atoms. The van der Waals surface area contributed by atoms with Crippen LogP contribution in [0.2, 0.25) is 0 Å². The first-order valence-electron chi connectivity index (χ1n) is 10.7. The van der Waals surface area contributed by atoms with E-state index < -0.39 is 21.9 Å². The van der Waals surface area contributed by atoms with Crippen LogP contribution in [-0.2, 0) is 28.4 Å². The molecule has 9 nitrogen and oxygen atoms in total. The molecule has 0 aliphatic carbocycles. The Morgan fingerprint density at radius 1 is 1.18 bits per heavy atom. The molecule has 185 valence electrons. The first-order chi connectivity index (χ1) is 15.4. The average molecular weight is 507 g/mol. The van der Waals surface area contributed by atoms with Crippen LogP contribution in [0.15, 0.2) is 23.2 Å². The summed E-state index contributed by atoms with van der Waals surface area (Å²) in [5.74, 6) is -0.574. The minimum Gasteiger partial charge on any atom is -0.383 e. The molecule has 0 saturated heterocycles. The molecule has 2 aromatic rings. The Bertz CT molecular complexity index is 1060. The second kappa shape index (κ2) is 13.0. The summed E-state index contributed by atoms with van der Waals surface area (Å²) < 4.78 is 48.3. The van der Waals surface area contributed by atoms with Gasteiger partial charge in [-0.1, -0.05) is 27.7 Å². The van der Waals surface area contributed by atoms with Gasteiger partial charge in [-0.2, -0.15) is 13.5 Å². The first kappa shape index (κ1) is 30.5. The van der Waals surface area contributed by atoms with Crippen molar-refractivity contribution in [2.24, 2.45) is 7.05 Å². The molecule has 2 rings (SSSR count). The number of rotatable bonds is 10. The van der Waals surface area contributed by atoms with Gasteiger partial charge in [0.15, 0.2) is 5.03 Å². The molecule has 0 fully saturated rings. The molecule has 0 atom stereocenters. The Labute approximate surface area is 223 Å². The second-order valence-corrected chi connectivity index (χ2v) is 10.3. The molecule has 2 amide bonds. The summed E-state index contributed by atoms with van der Waals surface area (Å²) in [7, 11) is 0.913. The van der Waals surface area contributed by atoms with E-state index in [0.29, 0.717) is 42.2 Å². The van der Waals surface area contributed by atoms with Crippen LogP contribution in [0, 0.1) is 5.82 Å². The molecule has 1 heterocycles.